The highest BCUT2D eigenvalue weighted by atomic mass is 16.5. The molecule has 0 radical (unpaired) electrons. The molecule has 8 nitrogen and oxygen atoms in total. The second kappa shape index (κ2) is 10.4. The predicted octanol–water partition coefficient (Wildman–Crippen LogP) is 5.45. The smallest absolute Gasteiger partial charge is 0.249 e. The lowest BCUT2D eigenvalue weighted by atomic mass is 9.95. The standard InChI is InChI=1S/C32H29N5O3/c38-31-19-27(9-11-34-31)37-14-15-39-30(21-37)28-5-3-4-22-16-23-17-24(6-7-29(23)40-32(22)28)35-20-25-18-26(8-10-33-25)36-12-1-2-13-36/h1-13,17-19,30,35H,14-16,20-21H2,(H,34,38). The Morgan fingerprint density at radius 2 is 1.90 bits per heavy atom. The Balaban J connectivity index is 1.07. The van der Waals surface area contributed by atoms with Gasteiger partial charge in [0.1, 0.15) is 17.6 Å². The summed E-state index contributed by atoms with van der Waals surface area (Å²) in [4.78, 5) is 21.3. The Morgan fingerprint density at radius 1 is 0.975 bits per heavy atom. The minimum absolute atomic E-state index is 0.104. The van der Waals surface area contributed by atoms with Crippen LogP contribution in [0.5, 0.6) is 11.5 Å². The number of rotatable bonds is 6. The molecule has 2 aliphatic heterocycles. The second-order valence-electron chi connectivity index (χ2n) is 10.1. The van der Waals surface area contributed by atoms with Crippen molar-refractivity contribution in [2.24, 2.45) is 0 Å². The fourth-order valence-electron chi connectivity index (χ4n) is 5.49. The monoisotopic (exact) mass is 531 g/mol. The van der Waals surface area contributed by atoms with Crippen molar-refractivity contribution in [3.63, 3.8) is 0 Å². The average molecular weight is 532 g/mol. The summed E-state index contributed by atoms with van der Waals surface area (Å²) in [6.07, 6.45) is 8.21. The van der Waals surface area contributed by atoms with Crippen LogP contribution in [0.2, 0.25) is 0 Å². The molecule has 40 heavy (non-hydrogen) atoms. The third-order valence-electron chi connectivity index (χ3n) is 7.49. The molecular weight excluding hydrogens is 502 g/mol. The summed E-state index contributed by atoms with van der Waals surface area (Å²) in [6.45, 7) is 2.59. The normalized spacial score (nSPS) is 16.1. The van der Waals surface area contributed by atoms with Crippen molar-refractivity contribution in [2.75, 3.05) is 29.9 Å². The fourth-order valence-corrected chi connectivity index (χ4v) is 5.49. The van der Waals surface area contributed by atoms with Crippen molar-refractivity contribution in [3.05, 3.63) is 130 Å². The minimum atomic E-state index is -0.153. The van der Waals surface area contributed by atoms with Gasteiger partial charge in [0.05, 0.1) is 18.8 Å². The van der Waals surface area contributed by atoms with Crippen LogP contribution in [0.25, 0.3) is 5.69 Å². The number of para-hydroxylation sites is 1. The maximum atomic E-state index is 11.8. The van der Waals surface area contributed by atoms with E-state index in [0.717, 1.165) is 63.9 Å². The Hall–Kier alpha value is -4.82. The van der Waals surface area contributed by atoms with Crippen molar-refractivity contribution in [1.82, 2.24) is 14.5 Å². The number of nitrogens with zero attached hydrogens (tertiary/aromatic N) is 3. The lowest BCUT2D eigenvalue weighted by Gasteiger charge is -2.36. The van der Waals surface area contributed by atoms with E-state index in [4.69, 9.17) is 9.47 Å². The first-order chi connectivity index (χ1) is 19.7. The lowest BCUT2D eigenvalue weighted by Crippen LogP contribution is -2.39. The highest BCUT2D eigenvalue weighted by Crippen LogP contribution is 2.43. The molecule has 200 valence electrons. The van der Waals surface area contributed by atoms with E-state index in [1.54, 1.807) is 12.3 Å². The molecule has 0 aliphatic carbocycles. The highest BCUT2D eigenvalue weighted by Gasteiger charge is 2.28. The van der Waals surface area contributed by atoms with Gasteiger partial charge in [-0.1, -0.05) is 18.2 Å². The molecule has 1 atom stereocenters. The number of hydrogen-bond donors (Lipinski definition) is 2. The molecule has 0 amide bonds. The fraction of sp³-hybridized carbons (Fsp3) is 0.188. The van der Waals surface area contributed by atoms with Gasteiger partial charge in [-0.15, -0.1) is 0 Å². The van der Waals surface area contributed by atoms with Crippen LogP contribution in [-0.4, -0.2) is 34.2 Å². The van der Waals surface area contributed by atoms with E-state index in [2.05, 4.69) is 55.1 Å². The molecule has 2 aromatic carbocycles. The molecule has 0 bridgehead atoms. The molecule has 1 fully saturated rings. The topological polar surface area (TPSA) is 84.4 Å². The summed E-state index contributed by atoms with van der Waals surface area (Å²) < 4.78 is 14.8. The van der Waals surface area contributed by atoms with E-state index >= 15 is 0 Å². The number of hydrogen-bond acceptors (Lipinski definition) is 6. The highest BCUT2D eigenvalue weighted by molar-refractivity contribution is 5.59. The van der Waals surface area contributed by atoms with E-state index in [0.29, 0.717) is 19.7 Å². The molecule has 0 spiro atoms. The van der Waals surface area contributed by atoms with Gasteiger partial charge in [-0.25, -0.2) is 0 Å². The van der Waals surface area contributed by atoms with E-state index in [-0.39, 0.29) is 11.7 Å². The van der Waals surface area contributed by atoms with Crippen LogP contribution in [0, 0.1) is 0 Å². The number of morpholine rings is 1. The second-order valence-corrected chi connectivity index (χ2v) is 10.1. The third kappa shape index (κ3) is 4.85. The molecule has 8 heteroatoms. The summed E-state index contributed by atoms with van der Waals surface area (Å²) in [6, 6.07) is 24.2. The van der Waals surface area contributed by atoms with Gasteiger partial charge in [0.15, 0.2) is 0 Å². The number of aromatic amines is 1. The van der Waals surface area contributed by atoms with Gasteiger partial charge in [-0.05, 0) is 54.1 Å². The molecule has 1 unspecified atom stereocenters. The van der Waals surface area contributed by atoms with Crippen molar-refractivity contribution in [1.29, 1.82) is 0 Å². The van der Waals surface area contributed by atoms with Crippen molar-refractivity contribution in [3.8, 4) is 17.2 Å². The first kappa shape index (κ1) is 24.2. The SMILES string of the molecule is O=c1cc(N2CCOC(c3cccc4c3Oc3ccc(NCc5cc(-n6cccc6)ccn5)cc3C4)C2)cc[nH]1. The molecule has 2 N–H and O–H groups in total. The van der Waals surface area contributed by atoms with Crippen LogP contribution < -0.4 is 20.5 Å². The number of benzene rings is 2. The van der Waals surface area contributed by atoms with Crippen molar-refractivity contribution < 1.29 is 9.47 Å². The molecule has 0 saturated carbocycles. The summed E-state index contributed by atoms with van der Waals surface area (Å²) in [5.74, 6) is 1.74. The number of ether oxygens (including phenoxy) is 2. The first-order valence-corrected chi connectivity index (χ1v) is 13.5. The van der Waals surface area contributed by atoms with Gasteiger partial charge < -0.3 is 29.2 Å². The number of pyridine rings is 2. The summed E-state index contributed by atoms with van der Waals surface area (Å²) in [5.41, 5.74) is 7.20. The van der Waals surface area contributed by atoms with Crippen LogP contribution >= 0.6 is 0 Å². The average Bonchev–Trinajstić information content (AvgIpc) is 3.54. The summed E-state index contributed by atoms with van der Waals surface area (Å²) in [7, 11) is 0. The first-order valence-electron chi connectivity index (χ1n) is 13.5. The van der Waals surface area contributed by atoms with Gasteiger partial charge in [-0.3, -0.25) is 9.78 Å². The van der Waals surface area contributed by atoms with Crippen LogP contribution in [0.3, 0.4) is 0 Å². The van der Waals surface area contributed by atoms with E-state index in [1.807, 2.05) is 55.0 Å². The molecule has 5 heterocycles. The lowest BCUT2D eigenvalue weighted by molar-refractivity contribution is 0.0384. The molecule has 7 rings (SSSR count). The van der Waals surface area contributed by atoms with E-state index < -0.39 is 0 Å². The molecule has 5 aromatic rings. The minimum Gasteiger partial charge on any atom is -0.456 e. The Kier molecular flexibility index (Phi) is 6.30. The maximum Gasteiger partial charge on any atom is 0.249 e. The van der Waals surface area contributed by atoms with Crippen LogP contribution in [0.15, 0.2) is 102 Å². The van der Waals surface area contributed by atoms with Gasteiger partial charge in [0.25, 0.3) is 0 Å². The van der Waals surface area contributed by atoms with Crippen LogP contribution in [-0.2, 0) is 17.7 Å². The predicted molar refractivity (Wildman–Crippen MR) is 155 cm³/mol. The molecule has 2 aliphatic rings. The largest absolute Gasteiger partial charge is 0.456 e. The Morgan fingerprint density at radius 3 is 2.80 bits per heavy atom. The van der Waals surface area contributed by atoms with Crippen LogP contribution in [0.4, 0.5) is 11.4 Å². The van der Waals surface area contributed by atoms with Crippen LogP contribution in [0.1, 0.15) is 28.5 Å². The Bertz CT molecular complexity index is 1710. The van der Waals surface area contributed by atoms with E-state index in [9.17, 15) is 4.79 Å². The molecule has 3 aromatic heterocycles. The van der Waals surface area contributed by atoms with Crippen molar-refractivity contribution >= 4 is 11.4 Å². The zero-order chi connectivity index (χ0) is 26.9. The number of nitrogens with one attached hydrogen (secondary N) is 2. The third-order valence-corrected chi connectivity index (χ3v) is 7.49. The van der Waals surface area contributed by atoms with Gasteiger partial charge >= 0.3 is 0 Å². The number of fused-ring (bicyclic) bond motifs is 2. The summed E-state index contributed by atoms with van der Waals surface area (Å²) >= 11 is 0. The summed E-state index contributed by atoms with van der Waals surface area (Å²) in [5, 5.41) is 3.52. The van der Waals surface area contributed by atoms with Gasteiger partial charge in [-0.2, -0.15) is 0 Å². The molecular formula is C32H29N5O3. The number of anilines is 2. The quantitative estimate of drug-likeness (QED) is 0.298. The Labute approximate surface area is 231 Å². The van der Waals surface area contributed by atoms with Crippen molar-refractivity contribution in [2.45, 2.75) is 19.1 Å². The molecule has 1 saturated heterocycles. The zero-order valence-corrected chi connectivity index (χ0v) is 21.9. The number of aromatic nitrogens is 3. The van der Waals surface area contributed by atoms with Gasteiger partial charge in [0.2, 0.25) is 5.56 Å². The van der Waals surface area contributed by atoms with E-state index in [1.165, 1.54) is 0 Å². The number of H-pyrrole nitrogens is 1. The maximum absolute atomic E-state index is 11.8. The van der Waals surface area contributed by atoms with Gasteiger partial charge in [0, 0.05) is 78.6 Å². The zero-order valence-electron chi connectivity index (χ0n) is 21.9.